The monoisotopic (exact) mass is 385 g/mol. The van der Waals surface area contributed by atoms with E-state index in [0.717, 1.165) is 88.0 Å². The molecule has 0 spiro atoms. The van der Waals surface area contributed by atoms with Gasteiger partial charge in [0.25, 0.3) is 0 Å². The molecule has 2 aromatic rings. The van der Waals surface area contributed by atoms with Gasteiger partial charge in [-0.05, 0) is 39.2 Å². The van der Waals surface area contributed by atoms with Gasteiger partial charge < -0.3 is 9.67 Å². The Morgan fingerprint density at radius 2 is 1.79 bits per heavy atom. The fourth-order valence-electron chi connectivity index (χ4n) is 4.36. The molecule has 0 aromatic carbocycles. The van der Waals surface area contributed by atoms with Crippen molar-refractivity contribution in [2.45, 2.75) is 57.7 Å². The Morgan fingerprint density at radius 1 is 1.00 bits per heavy atom. The molecule has 0 radical (unpaired) electrons. The summed E-state index contributed by atoms with van der Waals surface area (Å²) < 4.78 is 2.19. The Morgan fingerprint density at radius 3 is 2.57 bits per heavy atom. The van der Waals surface area contributed by atoms with Gasteiger partial charge in [0.05, 0.1) is 24.0 Å². The molecule has 2 aromatic heterocycles. The SMILES string of the molecule is Cc1nccnc1CN1CCCC(c2nnc(CN3CCC(O)CC3)n2C)C1. The van der Waals surface area contributed by atoms with E-state index < -0.39 is 0 Å². The standard InChI is InChI=1S/C20H31N7O/c1-15-18(22-8-7-21-15)13-27-9-3-4-16(12-27)20-24-23-19(25(20)2)14-26-10-5-17(28)6-11-26/h7-8,16-17,28H,3-6,9-14H2,1-2H3. The minimum Gasteiger partial charge on any atom is -0.393 e. The molecule has 2 aliphatic rings. The average Bonchev–Trinajstić information content (AvgIpc) is 3.06. The summed E-state index contributed by atoms with van der Waals surface area (Å²) in [5.74, 6) is 2.51. The van der Waals surface area contributed by atoms with Crippen LogP contribution in [-0.4, -0.2) is 71.9 Å². The molecule has 2 aliphatic heterocycles. The van der Waals surface area contributed by atoms with Crippen molar-refractivity contribution >= 4 is 0 Å². The van der Waals surface area contributed by atoms with Crippen LogP contribution in [0.5, 0.6) is 0 Å². The van der Waals surface area contributed by atoms with Crippen molar-refractivity contribution in [2.75, 3.05) is 26.2 Å². The molecule has 0 amide bonds. The number of aliphatic hydroxyl groups excluding tert-OH is 1. The topological polar surface area (TPSA) is 83.2 Å². The third-order valence-electron chi connectivity index (χ3n) is 6.15. The second kappa shape index (κ2) is 8.63. The zero-order chi connectivity index (χ0) is 19.5. The van der Waals surface area contributed by atoms with Crippen LogP contribution in [0.25, 0.3) is 0 Å². The highest BCUT2D eigenvalue weighted by Gasteiger charge is 2.27. The van der Waals surface area contributed by atoms with Crippen molar-refractivity contribution in [3.05, 3.63) is 35.4 Å². The van der Waals surface area contributed by atoms with E-state index in [0.29, 0.717) is 5.92 Å². The number of nitrogens with zero attached hydrogens (tertiary/aromatic N) is 7. The van der Waals surface area contributed by atoms with E-state index in [1.807, 2.05) is 6.92 Å². The van der Waals surface area contributed by atoms with Crippen molar-refractivity contribution in [2.24, 2.45) is 7.05 Å². The van der Waals surface area contributed by atoms with E-state index in [2.05, 4.69) is 41.6 Å². The first-order chi connectivity index (χ1) is 13.6. The minimum atomic E-state index is -0.141. The number of likely N-dealkylation sites (tertiary alicyclic amines) is 2. The highest BCUT2D eigenvalue weighted by molar-refractivity contribution is 5.09. The maximum absolute atomic E-state index is 9.70. The van der Waals surface area contributed by atoms with Gasteiger partial charge in [0.1, 0.15) is 11.6 Å². The van der Waals surface area contributed by atoms with Crippen LogP contribution < -0.4 is 0 Å². The maximum Gasteiger partial charge on any atom is 0.146 e. The van der Waals surface area contributed by atoms with Crippen LogP contribution in [0.15, 0.2) is 12.4 Å². The molecule has 8 nitrogen and oxygen atoms in total. The number of aliphatic hydroxyl groups is 1. The molecule has 8 heteroatoms. The lowest BCUT2D eigenvalue weighted by molar-refractivity contribution is 0.0775. The summed E-state index contributed by atoms with van der Waals surface area (Å²) in [7, 11) is 2.09. The van der Waals surface area contributed by atoms with Crippen LogP contribution in [0.2, 0.25) is 0 Å². The van der Waals surface area contributed by atoms with Crippen LogP contribution in [0.4, 0.5) is 0 Å². The van der Waals surface area contributed by atoms with Crippen molar-refractivity contribution in [3.63, 3.8) is 0 Å². The second-order valence-electron chi connectivity index (χ2n) is 8.20. The number of aryl methyl sites for hydroxylation is 1. The third kappa shape index (κ3) is 4.39. The summed E-state index contributed by atoms with van der Waals surface area (Å²) in [5.41, 5.74) is 2.08. The summed E-state index contributed by atoms with van der Waals surface area (Å²) in [6.45, 7) is 7.61. The van der Waals surface area contributed by atoms with Gasteiger partial charge in [-0.3, -0.25) is 19.8 Å². The van der Waals surface area contributed by atoms with Crippen molar-refractivity contribution in [1.82, 2.24) is 34.5 Å². The summed E-state index contributed by atoms with van der Waals surface area (Å²) >= 11 is 0. The predicted molar refractivity (Wildman–Crippen MR) is 106 cm³/mol. The van der Waals surface area contributed by atoms with Crippen molar-refractivity contribution < 1.29 is 5.11 Å². The van der Waals surface area contributed by atoms with E-state index in [4.69, 9.17) is 0 Å². The van der Waals surface area contributed by atoms with Gasteiger partial charge in [0.2, 0.25) is 0 Å². The predicted octanol–water partition coefficient (Wildman–Crippen LogP) is 1.25. The smallest absolute Gasteiger partial charge is 0.146 e. The van der Waals surface area contributed by atoms with E-state index in [1.54, 1.807) is 12.4 Å². The molecular formula is C20H31N7O. The first-order valence-electron chi connectivity index (χ1n) is 10.4. The zero-order valence-corrected chi connectivity index (χ0v) is 17.0. The molecule has 1 atom stereocenters. The molecule has 2 fully saturated rings. The first kappa shape index (κ1) is 19.4. The Balaban J connectivity index is 1.40. The molecule has 1 N–H and O–H groups in total. The lowest BCUT2D eigenvalue weighted by Gasteiger charge is -2.32. The van der Waals surface area contributed by atoms with Crippen LogP contribution in [0, 0.1) is 6.92 Å². The molecule has 1 unspecified atom stereocenters. The molecule has 2 saturated heterocycles. The molecule has 152 valence electrons. The average molecular weight is 386 g/mol. The van der Waals surface area contributed by atoms with Gasteiger partial charge in [-0.25, -0.2) is 0 Å². The molecule has 4 heterocycles. The molecule has 0 bridgehead atoms. The van der Waals surface area contributed by atoms with E-state index in [9.17, 15) is 5.11 Å². The van der Waals surface area contributed by atoms with Crippen LogP contribution >= 0.6 is 0 Å². The van der Waals surface area contributed by atoms with E-state index in [1.165, 1.54) is 0 Å². The van der Waals surface area contributed by atoms with Crippen LogP contribution in [-0.2, 0) is 20.1 Å². The van der Waals surface area contributed by atoms with Gasteiger partial charge >= 0.3 is 0 Å². The van der Waals surface area contributed by atoms with Gasteiger partial charge in [-0.2, -0.15) is 0 Å². The Kier molecular flexibility index (Phi) is 5.99. The molecule has 4 rings (SSSR count). The highest BCUT2D eigenvalue weighted by atomic mass is 16.3. The number of hydrogen-bond acceptors (Lipinski definition) is 7. The van der Waals surface area contributed by atoms with E-state index in [-0.39, 0.29) is 6.10 Å². The number of hydrogen-bond donors (Lipinski definition) is 1. The Hall–Kier alpha value is -1.90. The second-order valence-corrected chi connectivity index (χ2v) is 8.20. The highest BCUT2D eigenvalue weighted by Crippen LogP contribution is 2.27. The van der Waals surface area contributed by atoms with Gasteiger partial charge in [-0.15, -0.1) is 10.2 Å². The van der Waals surface area contributed by atoms with Gasteiger partial charge in [0.15, 0.2) is 0 Å². The third-order valence-corrected chi connectivity index (χ3v) is 6.15. The number of aromatic nitrogens is 5. The maximum atomic E-state index is 9.70. The summed E-state index contributed by atoms with van der Waals surface area (Å²) in [6.07, 6.45) is 7.40. The van der Waals surface area contributed by atoms with Crippen LogP contribution in [0.3, 0.4) is 0 Å². The fraction of sp³-hybridized carbons (Fsp3) is 0.700. The lowest BCUT2D eigenvalue weighted by Crippen LogP contribution is -2.36. The first-order valence-corrected chi connectivity index (χ1v) is 10.4. The normalized spacial score (nSPS) is 22.6. The quantitative estimate of drug-likeness (QED) is 0.829. The van der Waals surface area contributed by atoms with Crippen molar-refractivity contribution in [3.8, 4) is 0 Å². The van der Waals surface area contributed by atoms with Gasteiger partial charge in [-0.1, -0.05) is 0 Å². The van der Waals surface area contributed by atoms with Crippen LogP contribution in [0.1, 0.15) is 54.6 Å². The largest absolute Gasteiger partial charge is 0.393 e. The van der Waals surface area contributed by atoms with Crippen molar-refractivity contribution in [1.29, 1.82) is 0 Å². The Bertz CT molecular complexity index is 785. The van der Waals surface area contributed by atoms with E-state index >= 15 is 0 Å². The van der Waals surface area contributed by atoms with Gasteiger partial charge in [0, 0.05) is 51.5 Å². The molecule has 0 aliphatic carbocycles. The summed E-state index contributed by atoms with van der Waals surface area (Å²) in [4.78, 5) is 13.7. The Labute approximate surface area is 166 Å². The molecule has 28 heavy (non-hydrogen) atoms. The fourth-order valence-corrected chi connectivity index (χ4v) is 4.36. The number of piperidine rings is 2. The molecular weight excluding hydrogens is 354 g/mol. The summed E-state index contributed by atoms with van der Waals surface area (Å²) in [5, 5.41) is 18.8. The minimum absolute atomic E-state index is 0.141. The summed E-state index contributed by atoms with van der Waals surface area (Å²) in [6, 6.07) is 0. The molecule has 0 saturated carbocycles. The number of rotatable bonds is 5. The lowest BCUT2D eigenvalue weighted by atomic mass is 9.97. The zero-order valence-electron chi connectivity index (χ0n) is 17.0.